The van der Waals surface area contributed by atoms with Crippen molar-refractivity contribution in [1.82, 2.24) is 0 Å². The number of halogens is 1. The van der Waals surface area contributed by atoms with E-state index in [1.807, 2.05) is 19.1 Å². The molecule has 0 aliphatic rings. The van der Waals surface area contributed by atoms with Crippen LogP contribution in [0.5, 0.6) is 0 Å². The molecule has 0 amide bonds. The Labute approximate surface area is 103 Å². The van der Waals surface area contributed by atoms with Gasteiger partial charge in [0.15, 0.2) is 4.67 Å². The van der Waals surface area contributed by atoms with E-state index in [1.54, 1.807) is 19.1 Å². The summed E-state index contributed by atoms with van der Waals surface area (Å²) >= 11 is 3.21. The van der Waals surface area contributed by atoms with Crippen LogP contribution in [0.2, 0.25) is 0 Å². The van der Waals surface area contributed by atoms with Gasteiger partial charge in [0.05, 0.1) is 6.61 Å². The molecule has 86 valence electrons. The molecule has 0 aliphatic carbocycles. The standard InChI is InChI=1S/C12H13BrO3/c1-3-15-12(14)8-9(2)4-5-10-6-7-11(13)16-10/h4-8H,3H2,1-2H3/b5-4+,9-8+. The first kappa shape index (κ1) is 12.8. The molecular weight excluding hydrogens is 272 g/mol. The average molecular weight is 285 g/mol. The maximum absolute atomic E-state index is 11.1. The van der Waals surface area contributed by atoms with Gasteiger partial charge in [-0.05, 0) is 53.6 Å². The van der Waals surface area contributed by atoms with Crippen LogP contribution in [0, 0.1) is 0 Å². The van der Waals surface area contributed by atoms with E-state index in [2.05, 4.69) is 15.9 Å². The van der Waals surface area contributed by atoms with Gasteiger partial charge in [-0.15, -0.1) is 0 Å². The van der Waals surface area contributed by atoms with Gasteiger partial charge in [0.25, 0.3) is 0 Å². The van der Waals surface area contributed by atoms with Crippen LogP contribution in [0.15, 0.2) is 38.9 Å². The second-order valence-electron chi connectivity index (χ2n) is 3.12. The minimum absolute atomic E-state index is 0.328. The number of rotatable bonds is 4. The van der Waals surface area contributed by atoms with E-state index in [0.29, 0.717) is 11.3 Å². The minimum Gasteiger partial charge on any atom is -0.463 e. The highest BCUT2D eigenvalue weighted by atomic mass is 79.9. The summed E-state index contributed by atoms with van der Waals surface area (Å²) in [6.45, 7) is 3.99. The van der Waals surface area contributed by atoms with Crippen LogP contribution < -0.4 is 0 Å². The maximum Gasteiger partial charge on any atom is 0.330 e. The first-order valence-electron chi connectivity index (χ1n) is 4.90. The molecule has 3 nitrogen and oxygen atoms in total. The molecule has 0 aromatic carbocycles. The fraction of sp³-hybridized carbons (Fsp3) is 0.250. The molecular formula is C12H13BrO3. The van der Waals surface area contributed by atoms with Gasteiger partial charge >= 0.3 is 5.97 Å². The van der Waals surface area contributed by atoms with Crippen molar-refractivity contribution in [3.8, 4) is 0 Å². The molecule has 0 saturated heterocycles. The van der Waals surface area contributed by atoms with Gasteiger partial charge in [0.1, 0.15) is 5.76 Å². The normalized spacial score (nSPS) is 12.1. The molecule has 1 rings (SSSR count). The lowest BCUT2D eigenvalue weighted by molar-refractivity contribution is -0.137. The first-order chi connectivity index (χ1) is 7.61. The number of ether oxygens (including phenoxy) is 1. The SMILES string of the molecule is CCOC(=O)/C=C(C)/C=C/c1ccc(Br)o1. The smallest absolute Gasteiger partial charge is 0.330 e. The van der Waals surface area contributed by atoms with Crippen molar-refractivity contribution in [3.63, 3.8) is 0 Å². The molecule has 1 aromatic rings. The van der Waals surface area contributed by atoms with Crippen LogP contribution in [0.25, 0.3) is 6.08 Å². The third-order valence-corrected chi connectivity index (χ3v) is 2.16. The number of allylic oxidation sites excluding steroid dienone is 2. The van der Waals surface area contributed by atoms with Gasteiger partial charge in [-0.25, -0.2) is 4.79 Å². The van der Waals surface area contributed by atoms with Crippen molar-refractivity contribution in [2.75, 3.05) is 6.61 Å². The Bertz CT molecular complexity index is 416. The van der Waals surface area contributed by atoms with Gasteiger partial charge in [-0.2, -0.15) is 0 Å². The topological polar surface area (TPSA) is 39.4 Å². The molecule has 0 fully saturated rings. The van der Waals surface area contributed by atoms with Gasteiger partial charge in [-0.3, -0.25) is 0 Å². The summed E-state index contributed by atoms with van der Waals surface area (Å²) in [6, 6.07) is 3.64. The number of esters is 1. The number of carbonyl (C=O) groups is 1. The van der Waals surface area contributed by atoms with Gasteiger partial charge in [-0.1, -0.05) is 6.08 Å². The van der Waals surface area contributed by atoms with Crippen molar-refractivity contribution in [2.45, 2.75) is 13.8 Å². The molecule has 0 radical (unpaired) electrons. The lowest BCUT2D eigenvalue weighted by atomic mass is 10.2. The summed E-state index contributed by atoms with van der Waals surface area (Å²) in [4.78, 5) is 11.1. The highest BCUT2D eigenvalue weighted by molar-refractivity contribution is 9.10. The predicted octanol–water partition coefficient (Wildman–Crippen LogP) is 3.56. The summed E-state index contributed by atoms with van der Waals surface area (Å²) in [5, 5.41) is 0. The lowest BCUT2D eigenvalue weighted by Gasteiger charge is -1.95. The molecule has 0 N–H and O–H groups in total. The largest absolute Gasteiger partial charge is 0.463 e. The van der Waals surface area contributed by atoms with Crippen molar-refractivity contribution in [3.05, 3.63) is 40.3 Å². The Hall–Kier alpha value is -1.29. The Balaban J connectivity index is 2.60. The van der Waals surface area contributed by atoms with Crippen LogP contribution in [-0.4, -0.2) is 12.6 Å². The first-order valence-corrected chi connectivity index (χ1v) is 5.69. The highest BCUT2D eigenvalue weighted by Gasteiger charge is 1.96. The number of hydrogen-bond donors (Lipinski definition) is 0. The van der Waals surface area contributed by atoms with E-state index in [0.717, 1.165) is 11.3 Å². The molecule has 1 aromatic heterocycles. The van der Waals surface area contributed by atoms with Crippen LogP contribution in [0.3, 0.4) is 0 Å². The van der Waals surface area contributed by atoms with E-state index in [1.165, 1.54) is 6.08 Å². The van der Waals surface area contributed by atoms with Crippen molar-refractivity contribution in [1.29, 1.82) is 0 Å². The molecule has 0 saturated carbocycles. The molecule has 4 heteroatoms. The maximum atomic E-state index is 11.1. The fourth-order valence-corrected chi connectivity index (χ4v) is 1.37. The Kier molecular flexibility index (Phi) is 5.05. The van der Waals surface area contributed by atoms with Crippen LogP contribution in [0.1, 0.15) is 19.6 Å². The zero-order valence-electron chi connectivity index (χ0n) is 9.20. The van der Waals surface area contributed by atoms with Gasteiger partial charge < -0.3 is 9.15 Å². The third kappa shape index (κ3) is 4.49. The molecule has 0 atom stereocenters. The second-order valence-corrected chi connectivity index (χ2v) is 3.90. The molecule has 0 unspecified atom stereocenters. The van der Waals surface area contributed by atoms with E-state index >= 15 is 0 Å². The summed E-state index contributed by atoms with van der Waals surface area (Å²) in [5.74, 6) is 0.397. The zero-order chi connectivity index (χ0) is 12.0. The molecule has 0 spiro atoms. The van der Waals surface area contributed by atoms with Crippen LogP contribution in [-0.2, 0) is 9.53 Å². The second kappa shape index (κ2) is 6.33. The number of furan rings is 1. The molecule has 0 aliphatic heterocycles. The lowest BCUT2D eigenvalue weighted by Crippen LogP contribution is -1.99. The van der Waals surface area contributed by atoms with Crippen molar-refractivity contribution < 1.29 is 13.9 Å². The predicted molar refractivity (Wildman–Crippen MR) is 65.8 cm³/mol. The summed E-state index contributed by atoms with van der Waals surface area (Å²) < 4.78 is 10.7. The summed E-state index contributed by atoms with van der Waals surface area (Å²) in [6.07, 6.45) is 5.02. The summed E-state index contributed by atoms with van der Waals surface area (Å²) in [7, 11) is 0. The van der Waals surface area contributed by atoms with E-state index < -0.39 is 0 Å². The quantitative estimate of drug-likeness (QED) is 0.482. The minimum atomic E-state index is -0.328. The monoisotopic (exact) mass is 284 g/mol. The van der Waals surface area contributed by atoms with Gasteiger partial charge in [0.2, 0.25) is 0 Å². The van der Waals surface area contributed by atoms with Crippen LogP contribution in [0.4, 0.5) is 0 Å². The summed E-state index contributed by atoms with van der Waals surface area (Å²) in [5.41, 5.74) is 0.811. The molecule has 0 bridgehead atoms. The number of hydrogen-bond acceptors (Lipinski definition) is 3. The fourth-order valence-electron chi connectivity index (χ4n) is 1.05. The van der Waals surface area contributed by atoms with Crippen molar-refractivity contribution >= 4 is 28.0 Å². The Morgan fingerprint density at radius 2 is 2.31 bits per heavy atom. The third-order valence-electron chi connectivity index (χ3n) is 1.74. The zero-order valence-corrected chi connectivity index (χ0v) is 10.8. The molecule has 16 heavy (non-hydrogen) atoms. The molecule has 1 heterocycles. The Morgan fingerprint density at radius 1 is 1.56 bits per heavy atom. The van der Waals surface area contributed by atoms with E-state index in [9.17, 15) is 4.79 Å². The van der Waals surface area contributed by atoms with Crippen molar-refractivity contribution in [2.24, 2.45) is 0 Å². The van der Waals surface area contributed by atoms with Gasteiger partial charge in [0, 0.05) is 6.08 Å². The van der Waals surface area contributed by atoms with E-state index in [-0.39, 0.29) is 5.97 Å². The van der Waals surface area contributed by atoms with Crippen LogP contribution >= 0.6 is 15.9 Å². The average Bonchev–Trinajstić information content (AvgIpc) is 2.61. The van der Waals surface area contributed by atoms with E-state index in [4.69, 9.17) is 9.15 Å². The highest BCUT2D eigenvalue weighted by Crippen LogP contribution is 2.15. The Morgan fingerprint density at radius 3 is 2.88 bits per heavy atom. The number of carbonyl (C=O) groups excluding carboxylic acids is 1.